The number of aromatic nitrogens is 2. The zero-order valence-electron chi connectivity index (χ0n) is 19.8. The molecule has 3 nitrogen and oxygen atoms in total. The van der Waals surface area contributed by atoms with Crippen LogP contribution in [0.5, 0.6) is 0 Å². The molecule has 0 aliphatic rings. The standard InChI is InChI=1S/C31H25N3/c1-19-5-11-28-26(16-19)30-27-17-20(2)6-12-29(27)34(25-14-21(3)13-22(4)15-25)31(30)33(28)24-9-7-23(18-32)8-10-24/h5-17H,1-4H3. The summed E-state index contributed by atoms with van der Waals surface area (Å²) < 4.78 is 4.75. The quantitative estimate of drug-likeness (QED) is 0.271. The number of rotatable bonds is 2. The summed E-state index contributed by atoms with van der Waals surface area (Å²) in [5.41, 5.74) is 11.4. The van der Waals surface area contributed by atoms with E-state index < -0.39 is 0 Å². The Labute approximate surface area is 199 Å². The minimum atomic E-state index is 0.665. The second kappa shape index (κ2) is 7.37. The van der Waals surface area contributed by atoms with Crippen LogP contribution in [0.15, 0.2) is 78.9 Å². The molecule has 0 aliphatic carbocycles. The van der Waals surface area contributed by atoms with Gasteiger partial charge in [0, 0.05) is 27.5 Å². The molecule has 0 saturated carbocycles. The van der Waals surface area contributed by atoms with Crippen molar-refractivity contribution in [2.24, 2.45) is 0 Å². The monoisotopic (exact) mass is 439 g/mol. The largest absolute Gasteiger partial charge is 0.295 e. The Morgan fingerprint density at radius 3 is 1.62 bits per heavy atom. The van der Waals surface area contributed by atoms with Gasteiger partial charge in [-0.05, 0) is 99.5 Å². The van der Waals surface area contributed by atoms with Crippen LogP contribution in [0.3, 0.4) is 0 Å². The lowest BCUT2D eigenvalue weighted by Gasteiger charge is -2.14. The van der Waals surface area contributed by atoms with Crippen molar-refractivity contribution in [3.63, 3.8) is 0 Å². The summed E-state index contributed by atoms with van der Waals surface area (Å²) in [4.78, 5) is 0. The Morgan fingerprint density at radius 2 is 1.09 bits per heavy atom. The highest BCUT2D eigenvalue weighted by Crippen LogP contribution is 2.41. The van der Waals surface area contributed by atoms with E-state index in [9.17, 15) is 5.26 Å². The average molecular weight is 440 g/mol. The highest BCUT2D eigenvalue weighted by Gasteiger charge is 2.22. The molecule has 4 aromatic carbocycles. The third-order valence-corrected chi connectivity index (χ3v) is 6.69. The Kier molecular flexibility index (Phi) is 4.40. The molecule has 0 radical (unpaired) electrons. The highest BCUT2D eigenvalue weighted by atomic mass is 15.1. The van der Waals surface area contributed by atoms with E-state index in [4.69, 9.17) is 0 Å². The number of nitrogens with zero attached hydrogens (tertiary/aromatic N) is 3. The highest BCUT2D eigenvalue weighted by molar-refractivity contribution is 6.22. The van der Waals surface area contributed by atoms with E-state index in [0.29, 0.717) is 5.56 Å². The normalized spacial score (nSPS) is 11.5. The van der Waals surface area contributed by atoms with E-state index in [2.05, 4.69) is 97.5 Å². The molecular weight excluding hydrogens is 414 g/mol. The van der Waals surface area contributed by atoms with Crippen molar-refractivity contribution in [3.05, 3.63) is 107 Å². The average Bonchev–Trinajstić information content (AvgIpc) is 3.30. The van der Waals surface area contributed by atoms with Gasteiger partial charge in [-0.25, -0.2) is 0 Å². The van der Waals surface area contributed by atoms with Crippen LogP contribution in [0.2, 0.25) is 0 Å². The van der Waals surface area contributed by atoms with Gasteiger partial charge in [-0.15, -0.1) is 0 Å². The summed E-state index contributed by atoms with van der Waals surface area (Å²) in [7, 11) is 0. The Morgan fingerprint density at radius 1 is 0.559 bits per heavy atom. The number of benzene rings is 4. The summed E-state index contributed by atoms with van der Waals surface area (Å²) in [6.07, 6.45) is 0. The van der Waals surface area contributed by atoms with Crippen LogP contribution in [-0.4, -0.2) is 9.13 Å². The molecule has 6 aromatic rings. The maximum atomic E-state index is 9.34. The fraction of sp³-hybridized carbons (Fsp3) is 0.129. The van der Waals surface area contributed by atoms with Crippen molar-refractivity contribution < 1.29 is 0 Å². The van der Waals surface area contributed by atoms with E-state index in [1.165, 1.54) is 49.4 Å². The first-order chi connectivity index (χ1) is 16.4. The first-order valence-electron chi connectivity index (χ1n) is 11.6. The molecule has 0 aliphatic heterocycles. The summed E-state index contributed by atoms with van der Waals surface area (Å²) in [6.45, 7) is 8.62. The van der Waals surface area contributed by atoms with Gasteiger partial charge in [-0.1, -0.05) is 29.3 Å². The molecule has 0 spiro atoms. The van der Waals surface area contributed by atoms with Gasteiger partial charge in [0.2, 0.25) is 0 Å². The lowest BCUT2D eigenvalue weighted by atomic mass is 10.1. The van der Waals surface area contributed by atoms with Crippen LogP contribution in [0.1, 0.15) is 27.8 Å². The predicted octanol–water partition coefficient (Wildman–Crippen LogP) is 7.83. The first kappa shape index (κ1) is 20.3. The maximum absolute atomic E-state index is 9.34. The SMILES string of the molecule is Cc1cc(C)cc(-n2c3ccc(C)cc3c3c4cc(C)ccc4n(-c4ccc(C#N)cc4)c32)c1. The second-order valence-electron chi connectivity index (χ2n) is 9.42. The predicted molar refractivity (Wildman–Crippen MR) is 141 cm³/mol. The van der Waals surface area contributed by atoms with Gasteiger partial charge in [0.1, 0.15) is 5.65 Å². The topological polar surface area (TPSA) is 33.6 Å². The second-order valence-corrected chi connectivity index (χ2v) is 9.42. The molecule has 0 unspecified atom stereocenters. The molecule has 0 atom stereocenters. The van der Waals surface area contributed by atoms with Gasteiger partial charge in [0.25, 0.3) is 0 Å². The van der Waals surface area contributed by atoms with Crippen molar-refractivity contribution in [2.45, 2.75) is 27.7 Å². The van der Waals surface area contributed by atoms with Crippen LogP contribution in [0.25, 0.3) is 44.2 Å². The van der Waals surface area contributed by atoms with Crippen LogP contribution in [0.4, 0.5) is 0 Å². The number of nitriles is 1. The number of hydrogen-bond acceptors (Lipinski definition) is 1. The van der Waals surface area contributed by atoms with Gasteiger partial charge >= 0.3 is 0 Å². The zero-order valence-corrected chi connectivity index (χ0v) is 19.8. The molecule has 2 aromatic heterocycles. The van der Waals surface area contributed by atoms with Crippen molar-refractivity contribution in [1.82, 2.24) is 9.13 Å². The van der Waals surface area contributed by atoms with E-state index in [1.807, 2.05) is 24.3 Å². The third-order valence-electron chi connectivity index (χ3n) is 6.69. The Hall–Kier alpha value is -4.29. The summed E-state index contributed by atoms with van der Waals surface area (Å²) in [6, 6.07) is 30.3. The van der Waals surface area contributed by atoms with Gasteiger partial charge in [-0.3, -0.25) is 9.13 Å². The van der Waals surface area contributed by atoms with Gasteiger partial charge in [0.15, 0.2) is 0 Å². The molecule has 0 bridgehead atoms. The van der Waals surface area contributed by atoms with Crippen molar-refractivity contribution in [1.29, 1.82) is 5.26 Å². The fourth-order valence-corrected chi connectivity index (χ4v) is 5.32. The lowest BCUT2D eigenvalue weighted by molar-refractivity contribution is 1.06. The van der Waals surface area contributed by atoms with Crippen molar-refractivity contribution >= 4 is 32.8 Å². The van der Waals surface area contributed by atoms with Crippen LogP contribution in [0, 0.1) is 39.0 Å². The molecular formula is C31H25N3. The molecule has 0 amide bonds. The zero-order chi connectivity index (χ0) is 23.6. The number of fused-ring (bicyclic) bond motifs is 5. The van der Waals surface area contributed by atoms with Crippen LogP contribution in [-0.2, 0) is 0 Å². The molecule has 0 N–H and O–H groups in total. The van der Waals surface area contributed by atoms with E-state index in [1.54, 1.807) is 0 Å². The minimum absolute atomic E-state index is 0.665. The van der Waals surface area contributed by atoms with Gasteiger partial charge in [-0.2, -0.15) is 5.26 Å². The van der Waals surface area contributed by atoms with Crippen molar-refractivity contribution in [2.75, 3.05) is 0 Å². The smallest absolute Gasteiger partial charge is 0.131 e. The van der Waals surface area contributed by atoms with Crippen LogP contribution >= 0.6 is 0 Å². The lowest BCUT2D eigenvalue weighted by Crippen LogP contribution is -2.02. The number of aryl methyl sites for hydroxylation is 4. The Balaban J connectivity index is 1.88. The molecule has 0 fully saturated rings. The molecule has 164 valence electrons. The summed E-state index contributed by atoms with van der Waals surface area (Å²) >= 11 is 0. The maximum Gasteiger partial charge on any atom is 0.131 e. The van der Waals surface area contributed by atoms with Crippen molar-refractivity contribution in [3.8, 4) is 17.4 Å². The molecule has 2 heterocycles. The van der Waals surface area contributed by atoms with Crippen LogP contribution < -0.4 is 0 Å². The Bertz CT molecular complexity index is 1770. The van der Waals surface area contributed by atoms with E-state index >= 15 is 0 Å². The first-order valence-corrected chi connectivity index (χ1v) is 11.6. The summed E-state index contributed by atoms with van der Waals surface area (Å²) in [5, 5.41) is 13.1. The van der Waals surface area contributed by atoms with Gasteiger partial charge in [0.05, 0.1) is 22.7 Å². The minimum Gasteiger partial charge on any atom is -0.295 e. The van der Waals surface area contributed by atoms with E-state index in [0.717, 1.165) is 17.0 Å². The van der Waals surface area contributed by atoms with E-state index in [-0.39, 0.29) is 0 Å². The van der Waals surface area contributed by atoms with Gasteiger partial charge < -0.3 is 0 Å². The molecule has 6 rings (SSSR count). The third kappa shape index (κ3) is 2.96. The fourth-order valence-electron chi connectivity index (χ4n) is 5.32. The molecule has 34 heavy (non-hydrogen) atoms. The molecule has 0 saturated heterocycles. The number of hydrogen-bond donors (Lipinski definition) is 0. The molecule has 3 heteroatoms. The summed E-state index contributed by atoms with van der Waals surface area (Å²) in [5.74, 6) is 0.